The number of guanidine groups is 1. The van der Waals surface area contributed by atoms with Gasteiger partial charge in [-0.3, -0.25) is 4.99 Å². The molecule has 1 unspecified atom stereocenters. The van der Waals surface area contributed by atoms with E-state index in [0.29, 0.717) is 30.8 Å². The second-order valence-electron chi connectivity index (χ2n) is 6.49. The Morgan fingerprint density at radius 1 is 1.14 bits per heavy atom. The summed E-state index contributed by atoms with van der Waals surface area (Å²) in [6.07, 6.45) is 2.67. The third-order valence-corrected chi connectivity index (χ3v) is 4.14. The van der Waals surface area contributed by atoms with Crippen LogP contribution in [0.25, 0.3) is 0 Å². The number of aromatic nitrogens is 1. The minimum absolute atomic E-state index is 0. The largest absolute Gasteiger partial charge is 0.376 e. The maximum Gasteiger partial charge on any atom is 0.191 e. The molecule has 1 aromatic carbocycles. The lowest BCUT2D eigenvalue weighted by atomic mass is 10.2. The third-order valence-electron chi connectivity index (χ3n) is 3.91. The highest BCUT2D eigenvalue weighted by Gasteiger charge is 2.04. The van der Waals surface area contributed by atoms with Crippen molar-refractivity contribution >= 4 is 41.5 Å². The zero-order valence-electron chi connectivity index (χ0n) is 16.5. The van der Waals surface area contributed by atoms with Crippen molar-refractivity contribution in [3.63, 3.8) is 0 Å². The van der Waals surface area contributed by atoms with Crippen molar-refractivity contribution in [1.82, 2.24) is 15.6 Å². The van der Waals surface area contributed by atoms with E-state index in [1.54, 1.807) is 6.20 Å². The van der Waals surface area contributed by atoms with E-state index in [4.69, 9.17) is 16.3 Å². The van der Waals surface area contributed by atoms with Crippen LogP contribution in [-0.2, 0) is 17.8 Å². The van der Waals surface area contributed by atoms with Gasteiger partial charge in [-0.25, -0.2) is 4.98 Å². The van der Waals surface area contributed by atoms with Crippen LogP contribution in [0.3, 0.4) is 0 Å². The fraction of sp³-hybridized carbons (Fsp3) is 0.429. The molecule has 154 valence electrons. The number of nitrogens with one attached hydrogen (secondary N) is 2. The molecular weight excluding hydrogens is 487 g/mol. The maximum absolute atomic E-state index is 5.81. The predicted molar refractivity (Wildman–Crippen MR) is 128 cm³/mol. The molecule has 0 aliphatic heterocycles. The first-order valence-corrected chi connectivity index (χ1v) is 9.79. The lowest BCUT2D eigenvalue weighted by Gasteiger charge is -2.14. The Morgan fingerprint density at radius 3 is 2.61 bits per heavy atom. The normalized spacial score (nSPS) is 12.2. The van der Waals surface area contributed by atoms with Crippen molar-refractivity contribution in [3.8, 4) is 0 Å². The molecule has 7 heteroatoms. The lowest BCUT2D eigenvalue weighted by molar-refractivity contribution is 0.0945. The highest BCUT2D eigenvalue weighted by Crippen LogP contribution is 2.05. The van der Waals surface area contributed by atoms with Crippen molar-refractivity contribution in [2.45, 2.75) is 26.9 Å². The van der Waals surface area contributed by atoms with E-state index in [9.17, 15) is 0 Å². The fourth-order valence-electron chi connectivity index (χ4n) is 2.47. The van der Waals surface area contributed by atoms with Gasteiger partial charge in [0, 0.05) is 25.8 Å². The molecular formula is C21H30ClIN4O. The second-order valence-corrected chi connectivity index (χ2v) is 6.88. The molecule has 2 rings (SSSR count). The fourth-order valence-corrected chi connectivity index (χ4v) is 2.59. The molecule has 0 spiro atoms. The SMILES string of the molecule is CCNC(=NCC(C)COCc1ccccc1)NCCc1ccc(Cl)nc1.I. The average Bonchev–Trinajstić information content (AvgIpc) is 2.68. The summed E-state index contributed by atoms with van der Waals surface area (Å²) in [6.45, 7) is 7.87. The number of pyridine rings is 1. The van der Waals surface area contributed by atoms with Gasteiger partial charge >= 0.3 is 0 Å². The summed E-state index contributed by atoms with van der Waals surface area (Å²) in [4.78, 5) is 8.76. The zero-order valence-corrected chi connectivity index (χ0v) is 19.6. The second kappa shape index (κ2) is 14.6. The van der Waals surface area contributed by atoms with Crippen LogP contribution in [0, 0.1) is 5.92 Å². The monoisotopic (exact) mass is 516 g/mol. The van der Waals surface area contributed by atoms with E-state index in [1.165, 1.54) is 5.56 Å². The van der Waals surface area contributed by atoms with Crippen LogP contribution in [0.5, 0.6) is 0 Å². The van der Waals surface area contributed by atoms with Gasteiger partial charge in [-0.15, -0.1) is 24.0 Å². The predicted octanol–water partition coefficient (Wildman–Crippen LogP) is 4.30. The van der Waals surface area contributed by atoms with Crippen molar-refractivity contribution < 1.29 is 4.74 Å². The van der Waals surface area contributed by atoms with E-state index in [1.807, 2.05) is 30.3 Å². The molecule has 2 N–H and O–H groups in total. The molecule has 5 nitrogen and oxygen atoms in total. The van der Waals surface area contributed by atoms with Crippen LogP contribution in [-0.4, -0.2) is 37.2 Å². The van der Waals surface area contributed by atoms with Crippen LogP contribution in [0.2, 0.25) is 5.15 Å². The number of hydrogen-bond donors (Lipinski definition) is 2. The van der Waals surface area contributed by atoms with Gasteiger partial charge < -0.3 is 15.4 Å². The molecule has 1 atom stereocenters. The number of benzene rings is 1. The quantitative estimate of drug-likeness (QED) is 0.214. The summed E-state index contributed by atoms with van der Waals surface area (Å²) in [5, 5.41) is 7.15. The number of ether oxygens (including phenoxy) is 1. The Bertz CT molecular complexity index is 683. The first-order chi connectivity index (χ1) is 13.2. The van der Waals surface area contributed by atoms with Crippen molar-refractivity contribution in [2.24, 2.45) is 10.9 Å². The first-order valence-electron chi connectivity index (χ1n) is 9.41. The summed E-state index contributed by atoms with van der Waals surface area (Å²) in [5.74, 6) is 1.18. The van der Waals surface area contributed by atoms with E-state index in [-0.39, 0.29) is 24.0 Å². The Morgan fingerprint density at radius 2 is 1.93 bits per heavy atom. The van der Waals surface area contributed by atoms with E-state index in [0.717, 1.165) is 31.0 Å². The first kappa shape index (κ1) is 24.7. The molecule has 0 fully saturated rings. The Kier molecular flexibility index (Phi) is 12.9. The minimum atomic E-state index is 0. The summed E-state index contributed by atoms with van der Waals surface area (Å²) < 4.78 is 5.79. The molecule has 0 radical (unpaired) electrons. The molecule has 2 aromatic rings. The standard InChI is InChI=1S/C21H29ClN4O.HI/c1-3-23-21(24-12-11-18-9-10-20(22)25-14-18)26-13-17(2)15-27-16-19-7-5-4-6-8-19;/h4-10,14,17H,3,11-13,15-16H2,1-2H3,(H2,23,24,26);1H. The third kappa shape index (κ3) is 10.2. The van der Waals surface area contributed by atoms with E-state index < -0.39 is 0 Å². The molecule has 1 aromatic heterocycles. The van der Waals surface area contributed by atoms with Crippen LogP contribution in [0.4, 0.5) is 0 Å². The lowest BCUT2D eigenvalue weighted by Crippen LogP contribution is -2.38. The zero-order chi connectivity index (χ0) is 19.3. The van der Waals surface area contributed by atoms with Gasteiger partial charge in [0.2, 0.25) is 0 Å². The van der Waals surface area contributed by atoms with Gasteiger partial charge in [0.15, 0.2) is 5.96 Å². The number of hydrogen-bond acceptors (Lipinski definition) is 3. The molecule has 0 bridgehead atoms. The van der Waals surface area contributed by atoms with Crippen molar-refractivity contribution in [2.75, 3.05) is 26.2 Å². The molecule has 0 saturated heterocycles. The number of rotatable bonds is 10. The Balaban J connectivity index is 0.00000392. The molecule has 0 amide bonds. The van der Waals surface area contributed by atoms with Gasteiger partial charge in [-0.2, -0.15) is 0 Å². The smallest absolute Gasteiger partial charge is 0.191 e. The van der Waals surface area contributed by atoms with Gasteiger partial charge in [0.05, 0.1) is 13.2 Å². The number of halogens is 2. The van der Waals surface area contributed by atoms with Gasteiger partial charge in [0.25, 0.3) is 0 Å². The summed E-state index contributed by atoms with van der Waals surface area (Å²) >= 11 is 5.81. The van der Waals surface area contributed by atoms with Crippen LogP contribution in [0.1, 0.15) is 25.0 Å². The summed E-state index contributed by atoms with van der Waals surface area (Å²) in [6, 6.07) is 14.0. The molecule has 0 saturated carbocycles. The highest BCUT2D eigenvalue weighted by molar-refractivity contribution is 14.0. The minimum Gasteiger partial charge on any atom is -0.376 e. The molecule has 0 aliphatic rings. The van der Waals surface area contributed by atoms with Gasteiger partial charge in [-0.1, -0.05) is 54.9 Å². The van der Waals surface area contributed by atoms with Crippen LogP contribution < -0.4 is 10.6 Å². The highest BCUT2D eigenvalue weighted by atomic mass is 127. The Labute approximate surface area is 190 Å². The van der Waals surface area contributed by atoms with Gasteiger partial charge in [-0.05, 0) is 36.5 Å². The topological polar surface area (TPSA) is 58.5 Å². The molecule has 28 heavy (non-hydrogen) atoms. The number of aliphatic imine (C=N–C) groups is 1. The average molecular weight is 517 g/mol. The van der Waals surface area contributed by atoms with Crippen molar-refractivity contribution in [3.05, 3.63) is 64.9 Å². The number of nitrogens with zero attached hydrogens (tertiary/aromatic N) is 2. The summed E-state index contributed by atoms with van der Waals surface area (Å²) in [7, 11) is 0. The maximum atomic E-state index is 5.81. The summed E-state index contributed by atoms with van der Waals surface area (Å²) in [5.41, 5.74) is 2.34. The Hall–Kier alpha value is -1.38. The molecule has 1 heterocycles. The van der Waals surface area contributed by atoms with E-state index in [2.05, 4.69) is 46.6 Å². The van der Waals surface area contributed by atoms with Crippen molar-refractivity contribution in [1.29, 1.82) is 0 Å². The van der Waals surface area contributed by atoms with Crippen LogP contribution >= 0.6 is 35.6 Å². The molecule has 0 aliphatic carbocycles. The van der Waals surface area contributed by atoms with Crippen LogP contribution in [0.15, 0.2) is 53.7 Å². The van der Waals surface area contributed by atoms with E-state index >= 15 is 0 Å². The van der Waals surface area contributed by atoms with Gasteiger partial charge in [0.1, 0.15) is 5.15 Å².